The number of hydrogen-bond acceptors (Lipinski definition) is 4. The summed E-state index contributed by atoms with van der Waals surface area (Å²) in [4.78, 5) is 15.0. The number of hydrogen-bond donors (Lipinski definition) is 1. The van der Waals surface area contributed by atoms with Gasteiger partial charge in [-0.25, -0.2) is 4.68 Å². The molecule has 4 rings (SSSR count). The van der Waals surface area contributed by atoms with E-state index in [-0.39, 0.29) is 36.3 Å². The number of alkyl halides is 3. The first-order valence-electron chi connectivity index (χ1n) is 11.0. The molecule has 3 atom stereocenters. The fraction of sp³-hybridized carbons (Fsp3) is 0.810. The number of fused-ring (bicyclic) bond motifs is 1. The summed E-state index contributed by atoms with van der Waals surface area (Å²) in [5, 5.41) is 7.34. The molecular formula is C21H31F3N4O2. The molecule has 9 heteroatoms. The van der Waals surface area contributed by atoms with Crippen molar-refractivity contribution >= 4 is 11.7 Å². The number of ether oxygens (including phenoxy) is 1. The SMILES string of the molecule is COC1CCC(C(=O)N2CCCC([C@@H]3C[C@H](C(F)(F)F)n4nc(C)cc4N3)C2)CC1. The first kappa shape index (κ1) is 21.5. The van der Waals surface area contributed by atoms with E-state index in [9.17, 15) is 18.0 Å². The third-order valence-electron chi connectivity index (χ3n) is 7.04. The second-order valence-electron chi connectivity index (χ2n) is 9.06. The number of methoxy groups -OCH3 is 1. The Balaban J connectivity index is 1.44. The summed E-state index contributed by atoms with van der Waals surface area (Å²) in [6.07, 6.45) is 0.940. The number of rotatable bonds is 3. The van der Waals surface area contributed by atoms with E-state index in [0.717, 1.165) is 43.2 Å². The van der Waals surface area contributed by atoms with Crippen LogP contribution >= 0.6 is 0 Å². The molecule has 1 saturated heterocycles. The summed E-state index contributed by atoms with van der Waals surface area (Å²) < 4.78 is 47.6. The third kappa shape index (κ3) is 4.31. The number of carbonyl (C=O) groups is 1. The van der Waals surface area contributed by atoms with Gasteiger partial charge in [0.05, 0.1) is 11.8 Å². The molecule has 0 aromatic carbocycles. The van der Waals surface area contributed by atoms with Crippen molar-refractivity contribution < 1.29 is 22.7 Å². The predicted molar refractivity (Wildman–Crippen MR) is 106 cm³/mol. The molecule has 6 nitrogen and oxygen atoms in total. The number of anilines is 1. The molecular weight excluding hydrogens is 397 g/mol. The summed E-state index contributed by atoms with van der Waals surface area (Å²) >= 11 is 0. The molecule has 168 valence electrons. The Kier molecular flexibility index (Phi) is 6.01. The summed E-state index contributed by atoms with van der Waals surface area (Å²) in [5.41, 5.74) is 0.569. The Morgan fingerprint density at radius 2 is 1.97 bits per heavy atom. The van der Waals surface area contributed by atoms with Gasteiger partial charge in [0, 0.05) is 38.2 Å². The zero-order valence-electron chi connectivity index (χ0n) is 17.6. The van der Waals surface area contributed by atoms with Crippen molar-refractivity contribution in [3.63, 3.8) is 0 Å². The lowest BCUT2D eigenvalue weighted by Crippen LogP contribution is -2.50. The van der Waals surface area contributed by atoms with E-state index in [2.05, 4.69) is 10.4 Å². The molecule has 1 aliphatic carbocycles. The summed E-state index contributed by atoms with van der Waals surface area (Å²) in [7, 11) is 1.71. The van der Waals surface area contributed by atoms with E-state index in [0.29, 0.717) is 24.6 Å². The second kappa shape index (κ2) is 8.40. The van der Waals surface area contributed by atoms with E-state index >= 15 is 0 Å². The molecule has 2 fully saturated rings. The number of halogens is 3. The Morgan fingerprint density at radius 1 is 1.23 bits per heavy atom. The molecule has 0 bridgehead atoms. The number of nitrogens with zero attached hydrogens (tertiary/aromatic N) is 3. The standard InChI is InChI=1S/C21H31F3N4O2/c1-13-10-19-25-17(11-18(21(22,23)24)28(19)26-13)15-4-3-9-27(12-15)20(29)14-5-7-16(30-2)8-6-14/h10,14-18,25H,3-9,11-12H2,1-2H3/t14?,15?,16?,17-,18+/m0/s1. The van der Waals surface area contributed by atoms with Crippen molar-refractivity contribution in [2.24, 2.45) is 11.8 Å². The van der Waals surface area contributed by atoms with Crippen LogP contribution in [0, 0.1) is 18.8 Å². The molecule has 0 spiro atoms. The highest BCUT2D eigenvalue weighted by atomic mass is 19.4. The van der Waals surface area contributed by atoms with Crippen molar-refractivity contribution in [2.45, 2.75) is 76.2 Å². The molecule has 3 aliphatic rings. The van der Waals surface area contributed by atoms with E-state index < -0.39 is 12.2 Å². The smallest absolute Gasteiger partial charge is 0.381 e. The highest BCUT2D eigenvalue weighted by Gasteiger charge is 2.48. The summed E-state index contributed by atoms with van der Waals surface area (Å²) in [6.45, 7) is 2.93. The fourth-order valence-corrected chi connectivity index (χ4v) is 5.38. The summed E-state index contributed by atoms with van der Waals surface area (Å²) in [6, 6.07) is -0.270. The molecule has 0 radical (unpaired) electrons. The number of aryl methyl sites for hydroxylation is 1. The van der Waals surface area contributed by atoms with Crippen molar-refractivity contribution in [1.29, 1.82) is 0 Å². The number of aromatic nitrogens is 2. The first-order chi connectivity index (χ1) is 14.3. The van der Waals surface area contributed by atoms with E-state index in [1.54, 1.807) is 20.1 Å². The van der Waals surface area contributed by atoms with Crippen molar-refractivity contribution in [3.05, 3.63) is 11.8 Å². The van der Waals surface area contributed by atoms with Crippen LogP contribution in [-0.2, 0) is 9.53 Å². The predicted octanol–water partition coefficient (Wildman–Crippen LogP) is 3.92. The van der Waals surface area contributed by atoms with Crippen LogP contribution in [0.2, 0.25) is 0 Å². The molecule has 1 aromatic rings. The highest BCUT2D eigenvalue weighted by molar-refractivity contribution is 5.79. The Morgan fingerprint density at radius 3 is 2.63 bits per heavy atom. The monoisotopic (exact) mass is 428 g/mol. The highest BCUT2D eigenvalue weighted by Crippen LogP contribution is 2.42. The van der Waals surface area contributed by atoms with Gasteiger partial charge in [-0.15, -0.1) is 0 Å². The van der Waals surface area contributed by atoms with E-state index in [1.807, 2.05) is 4.90 Å². The molecule has 2 aliphatic heterocycles. The molecule has 1 aromatic heterocycles. The van der Waals surface area contributed by atoms with Gasteiger partial charge in [0.25, 0.3) is 0 Å². The topological polar surface area (TPSA) is 59.4 Å². The van der Waals surface area contributed by atoms with Crippen LogP contribution in [0.1, 0.15) is 56.7 Å². The Hall–Kier alpha value is -1.77. The molecule has 1 N–H and O–H groups in total. The van der Waals surface area contributed by atoms with Crippen LogP contribution in [0.4, 0.5) is 19.0 Å². The normalized spacial score (nSPS) is 32.4. The van der Waals surface area contributed by atoms with E-state index in [1.165, 1.54) is 0 Å². The maximum atomic E-state index is 13.7. The van der Waals surface area contributed by atoms with Crippen LogP contribution in [0.5, 0.6) is 0 Å². The minimum atomic E-state index is -4.35. The van der Waals surface area contributed by atoms with Gasteiger partial charge in [-0.1, -0.05) is 0 Å². The van der Waals surface area contributed by atoms with Crippen molar-refractivity contribution in [2.75, 3.05) is 25.5 Å². The van der Waals surface area contributed by atoms with Crippen LogP contribution in [0.15, 0.2) is 6.07 Å². The van der Waals surface area contributed by atoms with Gasteiger partial charge >= 0.3 is 6.18 Å². The fourth-order valence-electron chi connectivity index (χ4n) is 5.38. The molecule has 30 heavy (non-hydrogen) atoms. The Bertz CT molecular complexity index is 758. The number of likely N-dealkylation sites (tertiary alicyclic amines) is 1. The van der Waals surface area contributed by atoms with Crippen LogP contribution in [0.25, 0.3) is 0 Å². The second-order valence-corrected chi connectivity index (χ2v) is 9.06. The van der Waals surface area contributed by atoms with Gasteiger partial charge in [0.1, 0.15) is 5.82 Å². The van der Waals surface area contributed by atoms with Gasteiger partial charge in [0.15, 0.2) is 6.04 Å². The molecule has 3 heterocycles. The average molecular weight is 428 g/mol. The van der Waals surface area contributed by atoms with Crippen molar-refractivity contribution in [3.8, 4) is 0 Å². The number of carbonyl (C=O) groups excluding carboxylic acids is 1. The van der Waals surface area contributed by atoms with Gasteiger partial charge in [-0.2, -0.15) is 18.3 Å². The third-order valence-corrected chi connectivity index (χ3v) is 7.04. The minimum absolute atomic E-state index is 0.00632. The average Bonchev–Trinajstić information content (AvgIpc) is 3.11. The van der Waals surface area contributed by atoms with Crippen molar-refractivity contribution in [1.82, 2.24) is 14.7 Å². The lowest BCUT2D eigenvalue weighted by molar-refractivity contribution is -0.175. The van der Waals surface area contributed by atoms with E-state index in [4.69, 9.17) is 4.74 Å². The maximum absolute atomic E-state index is 13.7. The number of piperidine rings is 1. The Labute approximate surface area is 175 Å². The van der Waals surface area contributed by atoms with Crippen LogP contribution in [-0.4, -0.2) is 59.1 Å². The quantitative estimate of drug-likeness (QED) is 0.793. The molecule has 1 amide bonds. The minimum Gasteiger partial charge on any atom is -0.381 e. The lowest BCUT2D eigenvalue weighted by atomic mass is 9.83. The largest absolute Gasteiger partial charge is 0.410 e. The maximum Gasteiger partial charge on any atom is 0.410 e. The first-order valence-corrected chi connectivity index (χ1v) is 11.0. The number of nitrogens with one attached hydrogen (secondary N) is 1. The van der Waals surface area contributed by atoms with Gasteiger partial charge in [0.2, 0.25) is 5.91 Å². The van der Waals surface area contributed by atoms with Crippen LogP contribution in [0.3, 0.4) is 0 Å². The van der Waals surface area contributed by atoms with Gasteiger partial charge in [-0.05, 0) is 57.8 Å². The zero-order valence-corrected chi connectivity index (χ0v) is 17.6. The number of amides is 1. The van der Waals surface area contributed by atoms with Gasteiger partial charge in [-0.3, -0.25) is 4.79 Å². The van der Waals surface area contributed by atoms with Crippen LogP contribution < -0.4 is 5.32 Å². The molecule has 1 saturated carbocycles. The van der Waals surface area contributed by atoms with Gasteiger partial charge < -0.3 is 15.0 Å². The zero-order chi connectivity index (χ0) is 21.5. The lowest BCUT2D eigenvalue weighted by Gasteiger charge is -2.42. The summed E-state index contributed by atoms with van der Waals surface area (Å²) in [5.74, 6) is 0.610. The molecule has 1 unspecified atom stereocenters.